The SMILES string of the molecule is Cc1ccc2nc(C(=O)N3CCC(C)CC3)cc(Nc3ccccc3F)c2c1. The molecule has 0 bridgehead atoms. The van der Waals surface area contributed by atoms with E-state index in [0.717, 1.165) is 42.4 Å². The quantitative estimate of drug-likeness (QED) is 0.674. The van der Waals surface area contributed by atoms with Crippen LogP contribution in [-0.2, 0) is 0 Å². The summed E-state index contributed by atoms with van der Waals surface area (Å²) in [7, 11) is 0. The molecule has 0 unspecified atom stereocenters. The van der Waals surface area contributed by atoms with Crippen molar-refractivity contribution in [1.82, 2.24) is 9.88 Å². The number of carbonyl (C=O) groups excluding carboxylic acids is 1. The number of likely N-dealkylation sites (tertiary alicyclic amines) is 1. The summed E-state index contributed by atoms with van der Waals surface area (Å²) in [5.41, 5.74) is 3.26. The number of piperidine rings is 1. The highest BCUT2D eigenvalue weighted by Crippen LogP contribution is 2.29. The largest absolute Gasteiger partial charge is 0.353 e. The Labute approximate surface area is 164 Å². The van der Waals surface area contributed by atoms with Crippen LogP contribution in [-0.4, -0.2) is 28.9 Å². The standard InChI is InChI=1S/C23H24FN3O/c1-15-9-11-27(12-10-15)23(28)22-14-21(26-20-6-4-3-5-18(20)24)17-13-16(2)7-8-19(17)25-22/h3-8,13-15H,9-12H2,1-2H3,(H,25,26). The number of nitrogens with zero attached hydrogens (tertiary/aromatic N) is 2. The predicted molar refractivity (Wildman–Crippen MR) is 110 cm³/mol. The van der Waals surface area contributed by atoms with Gasteiger partial charge in [0, 0.05) is 18.5 Å². The summed E-state index contributed by atoms with van der Waals surface area (Å²) in [5, 5.41) is 4.03. The van der Waals surface area contributed by atoms with E-state index in [1.54, 1.807) is 24.3 Å². The Balaban J connectivity index is 1.75. The van der Waals surface area contributed by atoms with Crippen LogP contribution in [0.2, 0.25) is 0 Å². The molecule has 2 heterocycles. The molecule has 2 aromatic carbocycles. The van der Waals surface area contributed by atoms with Crippen LogP contribution >= 0.6 is 0 Å². The molecule has 144 valence electrons. The van der Waals surface area contributed by atoms with E-state index in [0.29, 0.717) is 23.0 Å². The maximum Gasteiger partial charge on any atom is 0.272 e. The number of halogens is 1. The monoisotopic (exact) mass is 377 g/mol. The van der Waals surface area contributed by atoms with Crippen molar-refractivity contribution in [3.05, 3.63) is 65.6 Å². The number of aryl methyl sites for hydroxylation is 1. The average Bonchev–Trinajstić information content (AvgIpc) is 2.70. The van der Waals surface area contributed by atoms with Crippen molar-refractivity contribution in [2.45, 2.75) is 26.7 Å². The first-order chi connectivity index (χ1) is 13.5. The van der Waals surface area contributed by atoms with Gasteiger partial charge in [0.1, 0.15) is 11.5 Å². The van der Waals surface area contributed by atoms with Crippen molar-refractivity contribution >= 4 is 28.2 Å². The van der Waals surface area contributed by atoms with Crippen LogP contribution in [0.15, 0.2) is 48.5 Å². The van der Waals surface area contributed by atoms with Gasteiger partial charge in [-0.25, -0.2) is 9.37 Å². The summed E-state index contributed by atoms with van der Waals surface area (Å²) in [6.07, 6.45) is 2.03. The van der Waals surface area contributed by atoms with Gasteiger partial charge in [0.15, 0.2) is 0 Å². The first kappa shape index (κ1) is 18.4. The normalized spacial score (nSPS) is 15.0. The molecule has 1 aliphatic rings. The zero-order valence-electron chi connectivity index (χ0n) is 16.2. The Morgan fingerprint density at radius 1 is 1.11 bits per heavy atom. The van der Waals surface area contributed by atoms with Crippen LogP contribution in [0.25, 0.3) is 10.9 Å². The lowest BCUT2D eigenvalue weighted by molar-refractivity contribution is 0.0692. The Morgan fingerprint density at radius 3 is 2.61 bits per heavy atom. The molecule has 0 aliphatic carbocycles. The van der Waals surface area contributed by atoms with E-state index >= 15 is 0 Å². The fraction of sp³-hybridized carbons (Fsp3) is 0.304. The molecule has 3 aromatic rings. The van der Waals surface area contributed by atoms with E-state index in [1.165, 1.54) is 6.07 Å². The van der Waals surface area contributed by atoms with Crippen molar-refractivity contribution in [2.75, 3.05) is 18.4 Å². The van der Waals surface area contributed by atoms with E-state index in [4.69, 9.17) is 0 Å². The van der Waals surface area contributed by atoms with Crippen molar-refractivity contribution in [2.24, 2.45) is 5.92 Å². The second-order valence-electron chi connectivity index (χ2n) is 7.66. The van der Waals surface area contributed by atoms with Gasteiger partial charge in [-0.3, -0.25) is 4.79 Å². The Hall–Kier alpha value is -2.95. The lowest BCUT2D eigenvalue weighted by Gasteiger charge is -2.30. The third-order valence-electron chi connectivity index (χ3n) is 5.40. The number of aromatic nitrogens is 1. The number of pyridine rings is 1. The Morgan fingerprint density at radius 2 is 1.86 bits per heavy atom. The summed E-state index contributed by atoms with van der Waals surface area (Å²) >= 11 is 0. The minimum absolute atomic E-state index is 0.0639. The van der Waals surface area contributed by atoms with Gasteiger partial charge in [-0.1, -0.05) is 30.7 Å². The maximum atomic E-state index is 14.2. The summed E-state index contributed by atoms with van der Waals surface area (Å²) in [6, 6.07) is 14.2. The summed E-state index contributed by atoms with van der Waals surface area (Å²) in [4.78, 5) is 19.5. The van der Waals surface area contributed by atoms with Crippen molar-refractivity contribution in [1.29, 1.82) is 0 Å². The van der Waals surface area contributed by atoms with Crippen molar-refractivity contribution in [3.63, 3.8) is 0 Å². The van der Waals surface area contributed by atoms with Crippen LogP contribution in [0, 0.1) is 18.7 Å². The number of hydrogen-bond acceptors (Lipinski definition) is 3. The van der Waals surface area contributed by atoms with Crippen LogP contribution in [0.5, 0.6) is 0 Å². The van der Waals surface area contributed by atoms with Crippen LogP contribution in [0.3, 0.4) is 0 Å². The van der Waals surface area contributed by atoms with Gasteiger partial charge in [0.25, 0.3) is 5.91 Å². The average molecular weight is 377 g/mol. The molecule has 0 spiro atoms. The number of nitrogens with one attached hydrogen (secondary N) is 1. The molecule has 0 radical (unpaired) electrons. The number of carbonyl (C=O) groups is 1. The second-order valence-corrected chi connectivity index (χ2v) is 7.66. The smallest absolute Gasteiger partial charge is 0.272 e. The molecule has 1 aliphatic heterocycles. The number of benzene rings is 2. The number of anilines is 2. The third-order valence-corrected chi connectivity index (χ3v) is 5.40. The minimum Gasteiger partial charge on any atom is -0.353 e. The van der Waals surface area contributed by atoms with Gasteiger partial charge in [-0.15, -0.1) is 0 Å². The fourth-order valence-corrected chi connectivity index (χ4v) is 3.63. The second kappa shape index (κ2) is 7.58. The predicted octanol–water partition coefficient (Wildman–Crippen LogP) is 5.30. The number of hydrogen-bond donors (Lipinski definition) is 1. The highest BCUT2D eigenvalue weighted by atomic mass is 19.1. The molecule has 1 aromatic heterocycles. The van der Waals surface area contributed by atoms with Gasteiger partial charge < -0.3 is 10.2 Å². The molecule has 4 nitrogen and oxygen atoms in total. The summed E-state index contributed by atoms with van der Waals surface area (Å²) in [5.74, 6) is 0.249. The molecule has 1 N–H and O–H groups in total. The molecular formula is C23H24FN3O. The number of amides is 1. The summed E-state index contributed by atoms with van der Waals surface area (Å²) in [6.45, 7) is 5.72. The first-order valence-corrected chi connectivity index (χ1v) is 9.73. The summed E-state index contributed by atoms with van der Waals surface area (Å²) < 4.78 is 14.2. The van der Waals surface area contributed by atoms with Gasteiger partial charge in [0.05, 0.1) is 16.9 Å². The highest BCUT2D eigenvalue weighted by molar-refractivity contribution is 6.00. The topological polar surface area (TPSA) is 45.2 Å². The van der Waals surface area contributed by atoms with Gasteiger partial charge >= 0.3 is 0 Å². The van der Waals surface area contributed by atoms with Crippen molar-refractivity contribution in [3.8, 4) is 0 Å². The zero-order chi connectivity index (χ0) is 19.7. The highest BCUT2D eigenvalue weighted by Gasteiger charge is 2.23. The number of rotatable bonds is 3. The minimum atomic E-state index is -0.335. The van der Waals surface area contributed by atoms with Gasteiger partial charge in [0.2, 0.25) is 0 Å². The molecule has 1 fully saturated rings. The van der Waals surface area contributed by atoms with Gasteiger partial charge in [-0.05, 0) is 56.0 Å². The van der Waals surface area contributed by atoms with Crippen LogP contribution in [0.4, 0.5) is 15.8 Å². The van der Waals surface area contributed by atoms with Crippen molar-refractivity contribution < 1.29 is 9.18 Å². The molecule has 0 atom stereocenters. The third kappa shape index (κ3) is 3.70. The number of para-hydroxylation sites is 1. The van der Waals surface area contributed by atoms with E-state index in [1.807, 2.05) is 30.0 Å². The van der Waals surface area contributed by atoms with E-state index in [9.17, 15) is 9.18 Å². The maximum absolute atomic E-state index is 14.2. The lowest BCUT2D eigenvalue weighted by Crippen LogP contribution is -2.38. The fourth-order valence-electron chi connectivity index (χ4n) is 3.63. The molecule has 1 amide bonds. The van der Waals surface area contributed by atoms with Crippen LogP contribution in [0.1, 0.15) is 35.8 Å². The molecular weight excluding hydrogens is 353 g/mol. The molecule has 28 heavy (non-hydrogen) atoms. The van der Waals surface area contributed by atoms with Crippen LogP contribution < -0.4 is 5.32 Å². The Kier molecular flexibility index (Phi) is 4.99. The first-order valence-electron chi connectivity index (χ1n) is 9.73. The molecule has 1 saturated heterocycles. The molecule has 0 saturated carbocycles. The van der Waals surface area contributed by atoms with E-state index in [-0.39, 0.29) is 11.7 Å². The Bertz CT molecular complexity index is 1030. The van der Waals surface area contributed by atoms with Gasteiger partial charge in [-0.2, -0.15) is 0 Å². The number of fused-ring (bicyclic) bond motifs is 1. The molecule has 4 rings (SSSR count). The van der Waals surface area contributed by atoms with E-state index in [2.05, 4.69) is 17.2 Å². The lowest BCUT2D eigenvalue weighted by atomic mass is 9.99. The van der Waals surface area contributed by atoms with E-state index < -0.39 is 0 Å². The zero-order valence-corrected chi connectivity index (χ0v) is 16.2. The molecule has 5 heteroatoms.